The molecule has 0 aliphatic rings. The number of hydrogen-bond donors (Lipinski definition) is 0. The van der Waals surface area contributed by atoms with Crippen LogP contribution in [0.4, 0.5) is 10.1 Å². The summed E-state index contributed by atoms with van der Waals surface area (Å²) in [4.78, 5) is 5.91. The number of aromatic nitrogens is 1. The van der Waals surface area contributed by atoms with Crippen molar-refractivity contribution in [3.8, 4) is 6.07 Å². The Balaban J connectivity index is 2.30. The molecule has 0 radical (unpaired) electrons. The first kappa shape index (κ1) is 15.3. The molecule has 0 saturated carbocycles. The first-order valence-electron chi connectivity index (χ1n) is 6.70. The zero-order valence-corrected chi connectivity index (χ0v) is 12.4. The maximum atomic E-state index is 13.3. The SMILES string of the molecule is CCCN(Cc1nc(F)ccc1C#N)c1ccc(Cl)cc1. The predicted molar refractivity (Wildman–Crippen MR) is 81.7 cm³/mol. The standard InChI is InChI=1S/C16H15ClFN3/c1-2-9-21(14-6-4-13(17)5-7-14)11-15-12(10-19)3-8-16(18)20-15/h3-8H,2,9,11H2,1H3. The fourth-order valence-corrected chi connectivity index (χ4v) is 2.23. The predicted octanol–water partition coefficient (Wildman–Crippen LogP) is 4.16. The summed E-state index contributed by atoms with van der Waals surface area (Å²) >= 11 is 5.90. The van der Waals surface area contributed by atoms with Gasteiger partial charge < -0.3 is 4.90 Å². The van der Waals surface area contributed by atoms with Gasteiger partial charge in [0.05, 0.1) is 17.8 Å². The van der Waals surface area contributed by atoms with E-state index in [1.165, 1.54) is 12.1 Å². The highest BCUT2D eigenvalue weighted by Gasteiger charge is 2.12. The summed E-state index contributed by atoms with van der Waals surface area (Å²) in [5.41, 5.74) is 1.81. The van der Waals surface area contributed by atoms with Crippen molar-refractivity contribution in [1.82, 2.24) is 4.98 Å². The van der Waals surface area contributed by atoms with Gasteiger partial charge in [-0.1, -0.05) is 18.5 Å². The van der Waals surface area contributed by atoms with E-state index < -0.39 is 5.95 Å². The molecule has 0 bridgehead atoms. The van der Waals surface area contributed by atoms with Gasteiger partial charge in [-0.05, 0) is 42.8 Å². The van der Waals surface area contributed by atoms with Crippen LogP contribution in [-0.2, 0) is 6.54 Å². The quantitative estimate of drug-likeness (QED) is 0.779. The van der Waals surface area contributed by atoms with E-state index in [9.17, 15) is 4.39 Å². The average Bonchev–Trinajstić information content (AvgIpc) is 2.48. The topological polar surface area (TPSA) is 39.9 Å². The Morgan fingerprint density at radius 2 is 1.95 bits per heavy atom. The van der Waals surface area contributed by atoms with Crippen molar-refractivity contribution in [2.75, 3.05) is 11.4 Å². The lowest BCUT2D eigenvalue weighted by atomic mass is 10.2. The van der Waals surface area contributed by atoms with Crippen LogP contribution in [0.5, 0.6) is 0 Å². The molecule has 0 unspecified atom stereocenters. The van der Waals surface area contributed by atoms with E-state index in [0.29, 0.717) is 22.8 Å². The zero-order chi connectivity index (χ0) is 15.2. The largest absolute Gasteiger partial charge is 0.366 e. The minimum atomic E-state index is -0.573. The second-order valence-corrected chi connectivity index (χ2v) is 5.07. The normalized spacial score (nSPS) is 10.2. The smallest absolute Gasteiger partial charge is 0.213 e. The van der Waals surface area contributed by atoms with Crippen molar-refractivity contribution in [3.63, 3.8) is 0 Å². The van der Waals surface area contributed by atoms with Crippen molar-refractivity contribution in [1.29, 1.82) is 5.26 Å². The molecule has 0 aliphatic carbocycles. The fourth-order valence-electron chi connectivity index (χ4n) is 2.10. The Hall–Kier alpha value is -2.12. The maximum Gasteiger partial charge on any atom is 0.213 e. The summed E-state index contributed by atoms with van der Waals surface area (Å²) in [5, 5.41) is 9.77. The van der Waals surface area contributed by atoms with Crippen LogP contribution < -0.4 is 4.90 Å². The summed E-state index contributed by atoms with van der Waals surface area (Å²) in [6.45, 7) is 3.23. The van der Waals surface area contributed by atoms with Crippen LogP contribution in [0, 0.1) is 17.3 Å². The fraction of sp³-hybridized carbons (Fsp3) is 0.250. The molecule has 0 spiro atoms. The van der Waals surface area contributed by atoms with Crippen LogP contribution >= 0.6 is 11.6 Å². The summed E-state index contributed by atoms with van der Waals surface area (Å²) in [7, 11) is 0. The lowest BCUT2D eigenvalue weighted by molar-refractivity contribution is 0.573. The third-order valence-corrected chi connectivity index (χ3v) is 3.34. The molecule has 2 aromatic rings. The van der Waals surface area contributed by atoms with Crippen LogP contribution in [0.1, 0.15) is 24.6 Å². The van der Waals surface area contributed by atoms with E-state index in [1.54, 1.807) is 0 Å². The van der Waals surface area contributed by atoms with Gasteiger partial charge in [0.15, 0.2) is 0 Å². The van der Waals surface area contributed by atoms with Crippen LogP contribution in [0.25, 0.3) is 0 Å². The second-order valence-electron chi connectivity index (χ2n) is 4.64. The van der Waals surface area contributed by atoms with E-state index in [2.05, 4.69) is 22.9 Å². The van der Waals surface area contributed by atoms with Gasteiger partial charge in [0, 0.05) is 17.3 Å². The van der Waals surface area contributed by atoms with E-state index >= 15 is 0 Å². The number of benzene rings is 1. The minimum Gasteiger partial charge on any atom is -0.366 e. The molecule has 0 N–H and O–H groups in total. The molecule has 5 heteroatoms. The molecule has 0 saturated heterocycles. The molecular weight excluding hydrogens is 289 g/mol. The van der Waals surface area contributed by atoms with Crippen LogP contribution in [-0.4, -0.2) is 11.5 Å². The molecule has 0 aliphatic heterocycles. The van der Waals surface area contributed by atoms with Crippen LogP contribution in [0.2, 0.25) is 5.02 Å². The van der Waals surface area contributed by atoms with E-state index in [0.717, 1.165) is 18.7 Å². The monoisotopic (exact) mass is 303 g/mol. The lowest BCUT2D eigenvalue weighted by Crippen LogP contribution is -2.24. The average molecular weight is 304 g/mol. The zero-order valence-electron chi connectivity index (χ0n) is 11.7. The van der Waals surface area contributed by atoms with E-state index in [1.807, 2.05) is 24.3 Å². The maximum absolute atomic E-state index is 13.3. The van der Waals surface area contributed by atoms with Crippen molar-refractivity contribution in [3.05, 3.63) is 58.6 Å². The Morgan fingerprint density at radius 3 is 2.57 bits per heavy atom. The van der Waals surface area contributed by atoms with Gasteiger partial charge in [0.2, 0.25) is 5.95 Å². The van der Waals surface area contributed by atoms with Crippen LogP contribution in [0.3, 0.4) is 0 Å². The third kappa shape index (κ3) is 3.93. The Morgan fingerprint density at radius 1 is 1.24 bits per heavy atom. The van der Waals surface area contributed by atoms with Gasteiger partial charge >= 0.3 is 0 Å². The molecule has 1 heterocycles. The Bertz CT molecular complexity index is 650. The number of hydrogen-bond acceptors (Lipinski definition) is 3. The van der Waals surface area contributed by atoms with Crippen molar-refractivity contribution in [2.45, 2.75) is 19.9 Å². The molecule has 2 rings (SSSR count). The first-order chi connectivity index (χ1) is 10.1. The number of anilines is 1. The summed E-state index contributed by atoms with van der Waals surface area (Å²) in [6, 6.07) is 12.1. The highest BCUT2D eigenvalue weighted by Crippen LogP contribution is 2.21. The van der Waals surface area contributed by atoms with Gasteiger partial charge in [-0.15, -0.1) is 0 Å². The minimum absolute atomic E-state index is 0.385. The van der Waals surface area contributed by atoms with Crippen molar-refractivity contribution in [2.24, 2.45) is 0 Å². The number of rotatable bonds is 5. The number of halogens is 2. The molecule has 0 atom stereocenters. The van der Waals surface area contributed by atoms with Crippen LogP contribution in [0.15, 0.2) is 36.4 Å². The molecule has 0 amide bonds. The Labute approximate surface area is 128 Å². The van der Waals surface area contributed by atoms with E-state index in [-0.39, 0.29) is 0 Å². The van der Waals surface area contributed by atoms with Gasteiger partial charge in [-0.25, -0.2) is 4.98 Å². The molecule has 108 valence electrons. The van der Waals surface area contributed by atoms with Gasteiger partial charge in [-0.3, -0.25) is 0 Å². The van der Waals surface area contributed by atoms with Gasteiger partial charge in [0.25, 0.3) is 0 Å². The Kier molecular flexibility index (Phi) is 5.13. The third-order valence-electron chi connectivity index (χ3n) is 3.09. The molecule has 3 nitrogen and oxygen atoms in total. The molecule has 0 fully saturated rings. The molecule has 21 heavy (non-hydrogen) atoms. The van der Waals surface area contributed by atoms with Gasteiger partial charge in [0.1, 0.15) is 6.07 Å². The van der Waals surface area contributed by atoms with Gasteiger partial charge in [-0.2, -0.15) is 9.65 Å². The number of pyridine rings is 1. The highest BCUT2D eigenvalue weighted by atomic mass is 35.5. The first-order valence-corrected chi connectivity index (χ1v) is 7.08. The molecular formula is C16H15ClFN3. The second kappa shape index (κ2) is 7.05. The van der Waals surface area contributed by atoms with Crippen molar-refractivity contribution < 1.29 is 4.39 Å². The summed E-state index contributed by atoms with van der Waals surface area (Å²) < 4.78 is 13.3. The van der Waals surface area contributed by atoms with E-state index in [4.69, 9.17) is 16.9 Å². The molecule has 1 aromatic heterocycles. The highest BCUT2D eigenvalue weighted by molar-refractivity contribution is 6.30. The summed E-state index contributed by atoms with van der Waals surface area (Å²) in [5.74, 6) is -0.573. The lowest BCUT2D eigenvalue weighted by Gasteiger charge is -2.24. The number of nitriles is 1. The molecule has 1 aromatic carbocycles. The van der Waals surface area contributed by atoms with Crippen molar-refractivity contribution >= 4 is 17.3 Å². The summed E-state index contributed by atoms with van der Waals surface area (Å²) in [6.07, 6.45) is 0.930. The number of nitrogens with zero attached hydrogens (tertiary/aromatic N) is 3.